The normalized spacial score (nSPS) is 10.6. The Morgan fingerprint density at radius 1 is 1.32 bits per heavy atom. The molecule has 0 aliphatic carbocycles. The van der Waals surface area contributed by atoms with E-state index in [0.717, 1.165) is 5.56 Å². The standard InChI is InChI=1S/C14H18Cl2O3/c1-9(2)8-19-14-10(4-5-13(17)18-3)6-11(15)7-12(14)16/h6-7,9H,4-5,8H2,1-3H3. The monoisotopic (exact) mass is 304 g/mol. The van der Waals surface area contributed by atoms with Crippen LogP contribution in [-0.4, -0.2) is 19.7 Å². The maximum Gasteiger partial charge on any atom is 0.305 e. The van der Waals surface area contributed by atoms with Gasteiger partial charge in [-0.15, -0.1) is 0 Å². The van der Waals surface area contributed by atoms with Crippen molar-refractivity contribution < 1.29 is 14.3 Å². The topological polar surface area (TPSA) is 35.5 Å². The minimum Gasteiger partial charge on any atom is -0.491 e. The number of methoxy groups -OCH3 is 1. The number of hydrogen-bond acceptors (Lipinski definition) is 3. The molecule has 0 bridgehead atoms. The summed E-state index contributed by atoms with van der Waals surface area (Å²) in [5.41, 5.74) is 0.823. The first kappa shape index (κ1) is 16.1. The smallest absolute Gasteiger partial charge is 0.305 e. The molecule has 0 radical (unpaired) electrons. The van der Waals surface area contributed by atoms with Crippen molar-refractivity contribution in [2.75, 3.05) is 13.7 Å². The molecule has 5 heteroatoms. The van der Waals surface area contributed by atoms with Gasteiger partial charge in [0.2, 0.25) is 0 Å². The molecule has 106 valence electrons. The first-order valence-corrected chi connectivity index (χ1v) is 6.87. The van der Waals surface area contributed by atoms with Gasteiger partial charge in [-0.3, -0.25) is 4.79 Å². The predicted molar refractivity (Wildman–Crippen MR) is 77.1 cm³/mol. The van der Waals surface area contributed by atoms with Gasteiger partial charge in [-0.2, -0.15) is 0 Å². The maximum atomic E-state index is 11.2. The number of hydrogen-bond donors (Lipinski definition) is 0. The average Bonchev–Trinajstić information content (AvgIpc) is 2.34. The van der Waals surface area contributed by atoms with E-state index in [0.29, 0.717) is 34.7 Å². The molecule has 0 aromatic heterocycles. The van der Waals surface area contributed by atoms with Crippen molar-refractivity contribution in [3.8, 4) is 5.75 Å². The van der Waals surface area contributed by atoms with E-state index in [-0.39, 0.29) is 12.4 Å². The molecule has 0 saturated heterocycles. The van der Waals surface area contributed by atoms with Crippen LogP contribution in [0.2, 0.25) is 10.0 Å². The number of ether oxygens (including phenoxy) is 2. The molecule has 0 aliphatic rings. The van der Waals surface area contributed by atoms with Crippen LogP contribution in [0.1, 0.15) is 25.8 Å². The van der Waals surface area contributed by atoms with Gasteiger partial charge in [0.25, 0.3) is 0 Å². The maximum absolute atomic E-state index is 11.2. The van der Waals surface area contributed by atoms with E-state index >= 15 is 0 Å². The minimum absolute atomic E-state index is 0.269. The lowest BCUT2D eigenvalue weighted by molar-refractivity contribution is -0.140. The molecule has 0 unspecified atom stereocenters. The number of aryl methyl sites for hydroxylation is 1. The largest absolute Gasteiger partial charge is 0.491 e. The van der Waals surface area contributed by atoms with Crippen LogP contribution in [0.4, 0.5) is 0 Å². The summed E-state index contributed by atoms with van der Waals surface area (Å²) >= 11 is 12.1. The second-order valence-electron chi connectivity index (χ2n) is 4.66. The van der Waals surface area contributed by atoms with Gasteiger partial charge in [-0.05, 0) is 30.0 Å². The van der Waals surface area contributed by atoms with Crippen LogP contribution in [0.25, 0.3) is 0 Å². The van der Waals surface area contributed by atoms with Crippen LogP contribution < -0.4 is 4.74 Å². The van der Waals surface area contributed by atoms with Gasteiger partial charge in [0.05, 0.1) is 18.7 Å². The summed E-state index contributed by atoms with van der Waals surface area (Å²) in [5, 5.41) is 0.995. The highest BCUT2D eigenvalue weighted by molar-refractivity contribution is 6.35. The number of carbonyl (C=O) groups excluding carboxylic acids is 1. The molecule has 19 heavy (non-hydrogen) atoms. The van der Waals surface area contributed by atoms with Crippen LogP contribution in [0.3, 0.4) is 0 Å². The fourth-order valence-electron chi connectivity index (χ4n) is 1.55. The second kappa shape index (κ2) is 7.61. The van der Waals surface area contributed by atoms with E-state index in [2.05, 4.69) is 18.6 Å². The fraction of sp³-hybridized carbons (Fsp3) is 0.500. The molecular weight excluding hydrogens is 287 g/mol. The molecule has 0 amide bonds. The molecule has 0 heterocycles. The number of carbonyl (C=O) groups is 1. The molecule has 3 nitrogen and oxygen atoms in total. The SMILES string of the molecule is COC(=O)CCc1cc(Cl)cc(Cl)c1OCC(C)C. The molecule has 0 saturated carbocycles. The van der Waals surface area contributed by atoms with Gasteiger partial charge in [-0.25, -0.2) is 0 Å². The van der Waals surface area contributed by atoms with Crippen LogP contribution in [0.5, 0.6) is 5.75 Å². The van der Waals surface area contributed by atoms with Crippen molar-refractivity contribution in [3.63, 3.8) is 0 Å². The summed E-state index contributed by atoms with van der Waals surface area (Å²) in [5.74, 6) is 0.717. The van der Waals surface area contributed by atoms with E-state index in [1.165, 1.54) is 7.11 Å². The molecule has 0 atom stereocenters. The Hall–Kier alpha value is -0.930. The highest BCUT2D eigenvalue weighted by atomic mass is 35.5. The number of benzene rings is 1. The van der Waals surface area contributed by atoms with Gasteiger partial charge in [0.15, 0.2) is 0 Å². The summed E-state index contributed by atoms with van der Waals surface area (Å²) in [7, 11) is 1.36. The highest BCUT2D eigenvalue weighted by Gasteiger charge is 2.13. The third-order valence-electron chi connectivity index (χ3n) is 2.47. The van der Waals surface area contributed by atoms with Crippen LogP contribution in [0, 0.1) is 5.92 Å². The van der Waals surface area contributed by atoms with Crippen molar-refractivity contribution >= 4 is 29.2 Å². The summed E-state index contributed by atoms with van der Waals surface area (Å²) in [6, 6.07) is 3.41. The number of rotatable bonds is 6. The van der Waals surface area contributed by atoms with E-state index in [1.54, 1.807) is 12.1 Å². The molecule has 1 rings (SSSR count). The first-order chi connectivity index (χ1) is 8.93. The molecule has 0 fully saturated rings. The Bertz CT molecular complexity index is 445. The quantitative estimate of drug-likeness (QED) is 0.741. The summed E-state index contributed by atoms with van der Waals surface area (Å²) < 4.78 is 10.3. The van der Waals surface area contributed by atoms with Crippen molar-refractivity contribution in [3.05, 3.63) is 27.7 Å². The number of esters is 1. The molecule has 0 spiro atoms. The molecule has 1 aromatic rings. The lowest BCUT2D eigenvalue weighted by atomic mass is 10.1. The second-order valence-corrected chi connectivity index (χ2v) is 5.50. The van der Waals surface area contributed by atoms with Crippen LogP contribution in [0.15, 0.2) is 12.1 Å². The van der Waals surface area contributed by atoms with Gasteiger partial charge in [0, 0.05) is 11.4 Å². The van der Waals surface area contributed by atoms with Crippen molar-refractivity contribution in [1.82, 2.24) is 0 Å². The zero-order valence-corrected chi connectivity index (χ0v) is 12.8. The van der Waals surface area contributed by atoms with E-state index < -0.39 is 0 Å². The number of halogens is 2. The molecular formula is C14H18Cl2O3. The zero-order chi connectivity index (χ0) is 14.4. The Kier molecular flexibility index (Phi) is 6.46. The predicted octanol–water partition coefficient (Wildman–Crippen LogP) is 4.13. The highest BCUT2D eigenvalue weighted by Crippen LogP contribution is 2.33. The van der Waals surface area contributed by atoms with Gasteiger partial charge >= 0.3 is 5.97 Å². The molecule has 0 N–H and O–H groups in total. The van der Waals surface area contributed by atoms with Gasteiger partial charge in [-0.1, -0.05) is 37.0 Å². The Morgan fingerprint density at radius 2 is 2.00 bits per heavy atom. The fourth-order valence-corrected chi connectivity index (χ4v) is 2.14. The lowest BCUT2D eigenvalue weighted by Gasteiger charge is -2.15. The average molecular weight is 305 g/mol. The summed E-state index contributed by atoms with van der Waals surface area (Å²) in [6.45, 7) is 4.67. The first-order valence-electron chi connectivity index (χ1n) is 6.11. The molecule has 1 aromatic carbocycles. The lowest BCUT2D eigenvalue weighted by Crippen LogP contribution is -2.08. The van der Waals surface area contributed by atoms with Crippen molar-refractivity contribution in [2.45, 2.75) is 26.7 Å². The van der Waals surface area contributed by atoms with Crippen molar-refractivity contribution in [1.29, 1.82) is 0 Å². The summed E-state index contributed by atoms with van der Waals surface area (Å²) in [6.07, 6.45) is 0.756. The zero-order valence-electron chi connectivity index (χ0n) is 11.3. The molecule has 0 aliphatic heterocycles. The van der Waals surface area contributed by atoms with Gasteiger partial charge < -0.3 is 9.47 Å². The summed E-state index contributed by atoms with van der Waals surface area (Å²) in [4.78, 5) is 11.2. The van der Waals surface area contributed by atoms with E-state index in [9.17, 15) is 4.79 Å². The van der Waals surface area contributed by atoms with Crippen LogP contribution in [-0.2, 0) is 16.0 Å². The Labute approximate surface area is 123 Å². The Morgan fingerprint density at radius 3 is 2.58 bits per heavy atom. The van der Waals surface area contributed by atoms with Gasteiger partial charge in [0.1, 0.15) is 5.75 Å². The minimum atomic E-state index is -0.272. The van der Waals surface area contributed by atoms with E-state index in [4.69, 9.17) is 27.9 Å². The Balaban J connectivity index is 2.89. The van der Waals surface area contributed by atoms with Crippen LogP contribution >= 0.6 is 23.2 Å². The third kappa shape index (κ3) is 5.29. The van der Waals surface area contributed by atoms with E-state index in [1.807, 2.05) is 0 Å². The third-order valence-corrected chi connectivity index (χ3v) is 2.97. The van der Waals surface area contributed by atoms with Crippen molar-refractivity contribution in [2.24, 2.45) is 5.92 Å².